The van der Waals surface area contributed by atoms with Crippen molar-refractivity contribution in [3.8, 4) is 5.75 Å². The molecule has 0 amide bonds. The Hall–Kier alpha value is -2.69. The average molecular weight is 416 g/mol. The van der Waals surface area contributed by atoms with Gasteiger partial charge >= 0.3 is 5.97 Å². The predicted molar refractivity (Wildman–Crippen MR) is 113 cm³/mol. The van der Waals surface area contributed by atoms with Crippen molar-refractivity contribution >= 4 is 34.9 Å². The van der Waals surface area contributed by atoms with Crippen LogP contribution in [0, 0.1) is 6.92 Å². The number of aromatic carboxylic acids is 1. The number of halogens is 2. The number of carbonyl (C=O) groups is 1. The number of rotatable bonds is 7. The molecule has 0 bridgehead atoms. The van der Waals surface area contributed by atoms with Crippen LogP contribution in [-0.4, -0.2) is 11.1 Å². The van der Waals surface area contributed by atoms with Crippen LogP contribution in [0.4, 0.5) is 5.69 Å². The highest BCUT2D eigenvalue weighted by Gasteiger charge is 2.08. The second kappa shape index (κ2) is 9.00. The average Bonchev–Trinajstić information content (AvgIpc) is 2.67. The third-order valence-corrected chi connectivity index (χ3v) is 5.01. The van der Waals surface area contributed by atoms with Crippen LogP contribution < -0.4 is 10.1 Å². The molecule has 0 radical (unpaired) electrons. The van der Waals surface area contributed by atoms with E-state index in [4.69, 9.17) is 33.0 Å². The van der Waals surface area contributed by atoms with Crippen molar-refractivity contribution in [3.63, 3.8) is 0 Å². The number of hydrogen-bond donors (Lipinski definition) is 2. The minimum Gasteiger partial charge on any atom is -0.489 e. The van der Waals surface area contributed by atoms with Crippen molar-refractivity contribution < 1.29 is 14.6 Å². The Morgan fingerprint density at radius 1 is 1.04 bits per heavy atom. The van der Waals surface area contributed by atoms with Gasteiger partial charge in [-0.15, -0.1) is 0 Å². The van der Waals surface area contributed by atoms with Gasteiger partial charge in [-0.2, -0.15) is 0 Å². The molecule has 3 aromatic rings. The van der Waals surface area contributed by atoms with Crippen LogP contribution in [0.25, 0.3) is 0 Å². The summed E-state index contributed by atoms with van der Waals surface area (Å²) in [5, 5.41) is 13.5. The largest absolute Gasteiger partial charge is 0.489 e. The summed E-state index contributed by atoms with van der Waals surface area (Å²) in [6.07, 6.45) is 0. The molecule has 0 fully saturated rings. The smallest absolute Gasteiger partial charge is 0.335 e. The molecule has 4 nitrogen and oxygen atoms in total. The van der Waals surface area contributed by atoms with Gasteiger partial charge < -0.3 is 15.2 Å². The zero-order chi connectivity index (χ0) is 20.1. The number of hydrogen-bond acceptors (Lipinski definition) is 3. The third kappa shape index (κ3) is 4.97. The van der Waals surface area contributed by atoms with E-state index in [1.54, 1.807) is 36.4 Å². The van der Waals surface area contributed by atoms with Gasteiger partial charge in [0.1, 0.15) is 12.4 Å². The lowest BCUT2D eigenvalue weighted by molar-refractivity contribution is 0.0697. The number of anilines is 1. The van der Waals surface area contributed by atoms with Gasteiger partial charge in [-0.1, -0.05) is 41.4 Å². The summed E-state index contributed by atoms with van der Waals surface area (Å²) in [5.41, 5.74) is 3.82. The van der Waals surface area contributed by atoms with Crippen molar-refractivity contribution in [3.05, 3.63) is 93.0 Å². The lowest BCUT2D eigenvalue weighted by Crippen LogP contribution is -2.04. The fourth-order valence-corrected chi connectivity index (χ4v) is 3.27. The van der Waals surface area contributed by atoms with Crippen LogP contribution in [0.2, 0.25) is 10.0 Å². The molecule has 3 rings (SSSR count). The maximum absolute atomic E-state index is 11.0. The maximum Gasteiger partial charge on any atom is 0.335 e. The Kier molecular flexibility index (Phi) is 6.45. The van der Waals surface area contributed by atoms with Crippen LogP contribution in [0.1, 0.15) is 27.0 Å². The SMILES string of the molecule is Cc1cc(C(=O)O)ccc1NCc1cccc(OCc2c(Cl)cccc2Cl)c1. The zero-order valence-corrected chi connectivity index (χ0v) is 16.7. The summed E-state index contributed by atoms with van der Waals surface area (Å²) in [4.78, 5) is 11.0. The molecule has 0 aliphatic carbocycles. The van der Waals surface area contributed by atoms with E-state index in [0.29, 0.717) is 22.3 Å². The molecule has 0 aliphatic rings. The first-order valence-electron chi connectivity index (χ1n) is 8.66. The van der Waals surface area contributed by atoms with Gasteiger partial charge in [-0.3, -0.25) is 0 Å². The van der Waals surface area contributed by atoms with E-state index in [9.17, 15) is 4.79 Å². The summed E-state index contributed by atoms with van der Waals surface area (Å²) < 4.78 is 5.85. The Balaban J connectivity index is 1.64. The van der Waals surface area contributed by atoms with Gasteiger partial charge in [0.25, 0.3) is 0 Å². The van der Waals surface area contributed by atoms with Crippen LogP contribution in [0.5, 0.6) is 5.75 Å². The number of aryl methyl sites for hydroxylation is 1. The summed E-state index contributed by atoms with van der Waals surface area (Å²) in [7, 11) is 0. The van der Waals surface area contributed by atoms with Crippen LogP contribution in [0.3, 0.4) is 0 Å². The summed E-state index contributed by atoms with van der Waals surface area (Å²) in [5.74, 6) is -0.216. The van der Waals surface area contributed by atoms with Crippen molar-refractivity contribution in [2.45, 2.75) is 20.1 Å². The van der Waals surface area contributed by atoms with Gasteiger partial charge in [0.2, 0.25) is 0 Å². The van der Waals surface area contributed by atoms with E-state index in [1.165, 1.54) is 0 Å². The molecule has 28 heavy (non-hydrogen) atoms. The van der Waals surface area contributed by atoms with E-state index in [-0.39, 0.29) is 12.2 Å². The number of ether oxygens (including phenoxy) is 1. The van der Waals surface area contributed by atoms with Gasteiger partial charge in [0, 0.05) is 27.8 Å². The van der Waals surface area contributed by atoms with Gasteiger partial charge in [-0.05, 0) is 60.5 Å². The van der Waals surface area contributed by atoms with E-state index in [0.717, 1.165) is 22.4 Å². The van der Waals surface area contributed by atoms with Crippen LogP contribution in [0.15, 0.2) is 60.7 Å². The Morgan fingerprint density at radius 3 is 2.43 bits per heavy atom. The van der Waals surface area contributed by atoms with E-state index in [2.05, 4.69) is 5.32 Å². The van der Waals surface area contributed by atoms with Crippen molar-refractivity contribution in [1.82, 2.24) is 0 Å². The molecule has 0 aromatic heterocycles. The van der Waals surface area contributed by atoms with Crippen LogP contribution in [-0.2, 0) is 13.2 Å². The van der Waals surface area contributed by atoms with Gasteiger partial charge in [-0.25, -0.2) is 4.79 Å². The quantitative estimate of drug-likeness (QED) is 0.482. The van der Waals surface area contributed by atoms with Gasteiger partial charge in [0.15, 0.2) is 0 Å². The van der Waals surface area contributed by atoms with Crippen molar-refractivity contribution in [1.29, 1.82) is 0 Å². The second-order valence-electron chi connectivity index (χ2n) is 6.32. The zero-order valence-electron chi connectivity index (χ0n) is 15.2. The molecule has 6 heteroatoms. The third-order valence-electron chi connectivity index (χ3n) is 4.30. The second-order valence-corrected chi connectivity index (χ2v) is 7.14. The molecule has 3 aromatic carbocycles. The summed E-state index contributed by atoms with van der Waals surface area (Å²) in [6, 6.07) is 18.1. The topological polar surface area (TPSA) is 58.6 Å². The standard InChI is InChI=1S/C22H19Cl2NO3/c1-14-10-16(22(26)27)8-9-21(14)25-12-15-4-2-5-17(11-15)28-13-18-19(23)6-3-7-20(18)24/h2-11,25H,12-13H2,1H3,(H,26,27). The molecular formula is C22H19Cl2NO3. The molecule has 0 atom stereocenters. The molecule has 0 aliphatic heterocycles. The fourth-order valence-electron chi connectivity index (χ4n) is 2.76. The highest BCUT2D eigenvalue weighted by molar-refractivity contribution is 6.35. The molecular weight excluding hydrogens is 397 g/mol. The first-order valence-corrected chi connectivity index (χ1v) is 9.42. The Labute approximate surface area is 173 Å². The first kappa shape index (κ1) is 20.1. The minimum atomic E-state index is -0.932. The first-order chi connectivity index (χ1) is 13.4. The number of benzene rings is 3. The van der Waals surface area contributed by atoms with Gasteiger partial charge in [0.05, 0.1) is 5.56 Å². The molecule has 0 unspecified atom stereocenters. The number of carboxylic acids is 1. The molecule has 2 N–H and O–H groups in total. The lowest BCUT2D eigenvalue weighted by atomic mass is 10.1. The molecule has 0 saturated heterocycles. The van der Waals surface area contributed by atoms with E-state index < -0.39 is 5.97 Å². The molecule has 0 saturated carbocycles. The minimum absolute atomic E-state index is 0.275. The van der Waals surface area contributed by atoms with Crippen molar-refractivity contribution in [2.75, 3.05) is 5.32 Å². The number of nitrogens with one attached hydrogen (secondary N) is 1. The molecule has 0 heterocycles. The monoisotopic (exact) mass is 415 g/mol. The van der Waals surface area contributed by atoms with E-state index >= 15 is 0 Å². The highest BCUT2D eigenvalue weighted by Crippen LogP contribution is 2.26. The molecule has 144 valence electrons. The lowest BCUT2D eigenvalue weighted by Gasteiger charge is -2.13. The summed E-state index contributed by atoms with van der Waals surface area (Å²) in [6.45, 7) is 2.74. The Morgan fingerprint density at radius 2 is 1.75 bits per heavy atom. The van der Waals surface area contributed by atoms with E-state index in [1.807, 2.05) is 31.2 Å². The Bertz CT molecular complexity index is 985. The van der Waals surface area contributed by atoms with Crippen molar-refractivity contribution in [2.24, 2.45) is 0 Å². The predicted octanol–water partition coefficient (Wildman–Crippen LogP) is 6.19. The fraction of sp³-hybridized carbons (Fsp3) is 0.136. The normalized spacial score (nSPS) is 10.5. The summed E-state index contributed by atoms with van der Waals surface area (Å²) >= 11 is 12.4. The van der Waals surface area contributed by atoms with Crippen LogP contribution >= 0.6 is 23.2 Å². The maximum atomic E-state index is 11.0. The number of carboxylic acid groups (broad SMARTS) is 1. The highest BCUT2D eigenvalue weighted by atomic mass is 35.5. The molecule has 0 spiro atoms.